The average molecular weight is 474 g/mol. The Bertz CT molecular complexity index is 608. The Hall–Kier alpha value is -1.35. The molecule has 1 aliphatic heterocycles. The van der Waals surface area contributed by atoms with Gasteiger partial charge in [0.05, 0.1) is 6.54 Å². The second-order valence-corrected chi connectivity index (χ2v) is 7.26. The lowest BCUT2D eigenvalue weighted by Crippen LogP contribution is -2.47. The molecule has 3 N–H and O–H groups in total. The third-order valence-electron chi connectivity index (χ3n) is 3.67. The molecule has 1 aliphatic rings. The summed E-state index contributed by atoms with van der Waals surface area (Å²) in [6, 6.07) is 7.78. The van der Waals surface area contributed by atoms with Gasteiger partial charge >= 0.3 is 0 Å². The number of benzene rings is 1. The first kappa shape index (κ1) is 22.7. The van der Waals surface area contributed by atoms with Gasteiger partial charge in [-0.1, -0.05) is 12.1 Å². The van der Waals surface area contributed by atoms with Crippen LogP contribution in [0.25, 0.3) is 0 Å². The Labute approximate surface area is 173 Å². The van der Waals surface area contributed by atoms with E-state index in [1.54, 1.807) is 0 Å². The Kier molecular flexibility index (Phi) is 9.35. The second kappa shape index (κ2) is 10.7. The number of anilines is 1. The highest BCUT2D eigenvalue weighted by Crippen LogP contribution is 2.16. The van der Waals surface area contributed by atoms with E-state index in [2.05, 4.69) is 41.7 Å². The Morgan fingerprint density at radius 2 is 2.12 bits per heavy atom. The number of carbonyl (C=O) groups excluding carboxylic acids is 1. The molecule has 6 nitrogen and oxygen atoms in total. The number of halogens is 1. The van der Waals surface area contributed by atoms with Crippen LogP contribution in [-0.4, -0.2) is 36.7 Å². The Morgan fingerprint density at radius 3 is 2.73 bits per heavy atom. The topological polar surface area (TPSA) is 74.8 Å². The fraction of sp³-hybridized carbons (Fsp3) is 0.579. The van der Waals surface area contributed by atoms with E-state index in [1.807, 2.05) is 31.2 Å². The van der Waals surface area contributed by atoms with Crippen LogP contribution in [0.1, 0.15) is 46.1 Å². The number of guanidine groups is 1. The first-order valence-corrected chi connectivity index (χ1v) is 8.95. The molecule has 1 atom stereocenters. The van der Waals surface area contributed by atoms with Crippen LogP contribution in [-0.2, 0) is 16.1 Å². The predicted molar refractivity (Wildman–Crippen MR) is 117 cm³/mol. The van der Waals surface area contributed by atoms with Gasteiger partial charge in [0.15, 0.2) is 5.96 Å². The fourth-order valence-corrected chi connectivity index (χ4v) is 2.59. The van der Waals surface area contributed by atoms with E-state index in [-0.39, 0.29) is 41.5 Å². The van der Waals surface area contributed by atoms with E-state index in [4.69, 9.17) is 4.74 Å². The van der Waals surface area contributed by atoms with Crippen LogP contribution in [0.5, 0.6) is 0 Å². The zero-order chi connectivity index (χ0) is 18.3. The van der Waals surface area contributed by atoms with Crippen molar-refractivity contribution >= 4 is 41.5 Å². The van der Waals surface area contributed by atoms with Gasteiger partial charge in [-0.2, -0.15) is 0 Å². The van der Waals surface area contributed by atoms with E-state index in [1.165, 1.54) is 0 Å². The minimum Gasteiger partial charge on any atom is -0.368 e. The lowest BCUT2D eigenvalue weighted by Gasteiger charge is -2.23. The number of nitrogens with one attached hydrogen (secondary N) is 3. The van der Waals surface area contributed by atoms with Crippen LogP contribution in [0.2, 0.25) is 0 Å². The number of amides is 1. The Morgan fingerprint density at radius 1 is 1.35 bits per heavy atom. The number of hydrogen-bond donors (Lipinski definition) is 3. The van der Waals surface area contributed by atoms with Crippen LogP contribution in [0, 0.1) is 0 Å². The molecule has 146 valence electrons. The highest BCUT2D eigenvalue weighted by Gasteiger charge is 2.23. The molecule has 0 saturated carbocycles. The van der Waals surface area contributed by atoms with Gasteiger partial charge in [0.25, 0.3) is 5.91 Å². The lowest BCUT2D eigenvalue weighted by molar-refractivity contribution is -0.124. The number of hydrogen-bond acceptors (Lipinski definition) is 3. The van der Waals surface area contributed by atoms with Crippen LogP contribution >= 0.6 is 24.0 Å². The maximum Gasteiger partial charge on any atom is 0.253 e. The van der Waals surface area contributed by atoms with E-state index in [9.17, 15) is 4.79 Å². The third kappa shape index (κ3) is 7.90. The van der Waals surface area contributed by atoms with Crippen molar-refractivity contribution in [1.29, 1.82) is 0 Å². The maximum absolute atomic E-state index is 12.2. The summed E-state index contributed by atoms with van der Waals surface area (Å²) in [6.45, 7) is 10.3. The molecule has 1 aromatic rings. The van der Waals surface area contributed by atoms with E-state index >= 15 is 0 Å². The Balaban J connectivity index is 0.00000338. The standard InChI is InChI=1S/C19H30N4O2.HI/c1-5-20-18(23-19(2,3)4)21-13-14-8-6-9-15(12-14)22-17(24)16-10-7-11-25-16;/h6,8-9,12,16H,5,7,10-11,13H2,1-4H3,(H,22,24)(H2,20,21,23);1H. The molecule has 0 spiro atoms. The number of rotatable bonds is 5. The van der Waals surface area contributed by atoms with E-state index in [0.717, 1.165) is 36.6 Å². The van der Waals surface area contributed by atoms with Crippen molar-refractivity contribution in [2.45, 2.75) is 58.7 Å². The second-order valence-electron chi connectivity index (χ2n) is 7.26. The quantitative estimate of drug-likeness (QED) is 0.348. The molecule has 7 heteroatoms. The summed E-state index contributed by atoms with van der Waals surface area (Å²) in [5.41, 5.74) is 1.76. The van der Waals surface area contributed by atoms with Crippen LogP contribution in [0.3, 0.4) is 0 Å². The summed E-state index contributed by atoms with van der Waals surface area (Å²) >= 11 is 0. The van der Waals surface area contributed by atoms with Crippen molar-refractivity contribution in [3.63, 3.8) is 0 Å². The molecule has 1 amide bonds. The zero-order valence-corrected chi connectivity index (χ0v) is 18.4. The molecule has 1 heterocycles. The third-order valence-corrected chi connectivity index (χ3v) is 3.67. The first-order valence-electron chi connectivity index (χ1n) is 8.95. The minimum atomic E-state index is -0.321. The first-order chi connectivity index (χ1) is 11.9. The predicted octanol–water partition coefficient (Wildman–Crippen LogP) is 3.28. The number of carbonyl (C=O) groups is 1. The number of ether oxygens (including phenoxy) is 1. The molecule has 2 rings (SSSR count). The molecule has 1 aromatic carbocycles. The highest BCUT2D eigenvalue weighted by molar-refractivity contribution is 14.0. The van der Waals surface area contributed by atoms with Gasteiger partial charge in [0.1, 0.15) is 6.10 Å². The van der Waals surface area contributed by atoms with Gasteiger partial charge < -0.3 is 20.7 Å². The summed E-state index contributed by atoms with van der Waals surface area (Å²) in [6.07, 6.45) is 1.42. The van der Waals surface area contributed by atoms with Crippen molar-refractivity contribution in [1.82, 2.24) is 10.6 Å². The van der Waals surface area contributed by atoms with Gasteiger partial charge in [-0.15, -0.1) is 24.0 Å². The lowest BCUT2D eigenvalue weighted by atomic mass is 10.1. The monoisotopic (exact) mass is 474 g/mol. The van der Waals surface area contributed by atoms with Crippen LogP contribution in [0.4, 0.5) is 5.69 Å². The molecule has 26 heavy (non-hydrogen) atoms. The summed E-state index contributed by atoms with van der Waals surface area (Å²) in [7, 11) is 0. The highest BCUT2D eigenvalue weighted by atomic mass is 127. The zero-order valence-electron chi connectivity index (χ0n) is 16.1. The normalized spacial score (nSPS) is 17.4. The molecule has 0 radical (unpaired) electrons. The summed E-state index contributed by atoms with van der Waals surface area (Å²) in [4.78, 5) is 16.8. The van der Waals surface area contributed by atoms with Gasteiger partial charge in [0, 0.05) is 24.4 Å². The molecule has 1 fully saturated rings. The van der Waals surface area contributed by atoms with E-state index < -0.39 is 0 Å². The number of aliphatic imine (C=N–C) groups is 1. The smallest absolute Gasteiger partial charge is 0.253 e. The van der Waals surface area contributed by atoms with Crippen LogP contribution < -0.4 is 16.0 Å². The van der Waals surface area contributed by atoms with Crippen molar-refractivity contribution in [2.75, 3.05) is 18.5 Å². The summed E-state index contributed by atoms with van der Waals surface area (Å²) < 4.78 is 5.42. The largest absolute Gasteiger partial charge is 0.368 e. The molecule has 1 unspecified atom stereocenters. The van der Waals surface area contributed by atoms with Crippen LogP contribution in [0.15, 0.2) is 29.3 Å². The van der Waals surface area contributed by atoms with Crippen molar-refractivity contribution < 1.29 is 9.53 Å². The average Bonchev–Trinajstić information content (AvgIpc) is 3.06. The SMILES string of the molecule is CCNC(=NCc1cccc(NC(=O)C2CCCO2)c1)NC(C)(C)C.I. The van der Waals surface area contributed by atoms with Crippen molar-refractivity contribution in [3.05, 3.63) is 29.8 Å². The molecule has 0 bridgehead atoms. The van der Waals surface area contributed by atoms with Crippen molar-refractivity contribution in [3.8, 4) is 0 Å². The minimum absolute atomic E-state index is 0. The summed E-state index contributed by atoms with van der Waals surface area (Å²) in [5.74, 6) is 0.713. The molecular weight excluding hydrogens is 443 g/mol. The molecule has 0 aromatic heterocycles. The molecule has 0 aliphatic carbocycles. The van der Waals surface area contributed by atoms with E-state index in [0.29, 0.717) is 13.2 Å². The number of nitrogens with zero attached hydrogens (tertiary/aromatic N) is 1. The maximum atomic E-state index is 12.2. The summed E-state index contributed by atoms with van der Waals surface area (Å²) in [5, 5.41) is 9.54. The van der Waals surface area contributed by atoms with Gasteiger partial charge in [-0.25, -0.2) is 4.99 Å². The van der Waals surface area contributed by atoms with Crippen molar-refractivity contribution in [2.24, 2.45) is 4.99 Å². The van der Waals surface area contributed by atoms with Gasteiger partial charge in [0.2, 0.25) is 0 Å². The molecular formula is C19H31IN4O2. The van der Waals surface area contributed by atoms with Gasteiger partial charge in [-0.3, -0.25) is 4.79 Å². The fourth-order valence-electron chi connectivity index (χ4n) is 2.59. The molecule has 1 saturated heterocycles. The van der Waals surface area contributed by atoms with Gasteiger partial charge in [-0.05, 0) is 58.2 Å².